The van der Waals surface area contributed by atoms with E-state index in [2.05, 4.69) is 19.2 Å². The van der Waals surface area contributed by atoms with Crippen molar-refractivity contribution in [1.82, 2.24) is 0 Å². The van der Waals surface area contributed by atoms with Crippen LogP contribution in [-0.2, 0) is 9.53 Å². The lowest BCUT2D eigenvalue weighted by atomic mass is 9.66. The van der Waals surface area contributed by atoms with E-state index in [-0.39, 0.29) is 22.4 Å². The average Bonchev–Trinajstić information content (AvgIpc) is 2.99. The number of nitrogens with zero attached hydrogens (tertiary/aromatic N) is 1. The van der Waals surface area contributed by atoms with Gasteiger partial charge in [-0.1, -0.05) is 19.9 Å². The zero-order chi connectivity index (χ0) is 16.5. The standard InChI is InChI=1S/C17H20N2O4/c1-15-10-23-17(9-11(15)6-7-16(15,17)2)14(20)18-12-4-3-5-13(8-12)19(21)22/h3-5,8,11H,6-7,9-10H2,1-2H3,(H,18,20)/t11-,15+,16-,17-/m1/s1. The number of amides is 1. The highest BCUT2D eigenvalue weighted by Crippen LogP contribution is 2.75. The molecule has 0 radical (unpaired) electrons. The summed E-state index contributed by atoms with van der Waals surface area (Å²) in [4.78, 5) is 23.4. The molecule has 4 atom stereocenters. The quantitative estimate of drug-likeness (QED) is 0.686. The predicted octanol–water partition coefficient (Wildman–Crippen LogP) is 3.13. The first-order valence-corrected chi connectivity index (χ1v) is 8.02. The minimum atomic E-state index is -0.796. The van der Waals surface area contributed by atoms with E-state index in [0.717, 1.165) is 19.3 Å². The molecule has 1 amide bonds. The first-order chi connectivity index (χ1) is 10.8. The van der Waals surface area contributed by atoms with Gasteiger partial charge >= 0.3 is 0 Å². The summed E-state index contributed by atoms with van der Waals surface area (Å²) in [5, 5.41) is 13.7. The van der Waals surface area contributed by atoms with Gasteiger partial charge in [-0.3, -0.25) is 14.9 Å². The van der Waals surface area contributed by atoms with Gasteiger partial charge in [-0.2, -0.15) is 0 Å². The SMILES string of the molecule is C[C@]12CC[C@@H]3C[C@]1(C(=O)Nc1cccc([N+](=O)[O-])c1)OC[C@@]32C. The van der Waals surface area contributed by atoms with Crippen molar-refractivity contribution in [2.45, 2.75) is 38.7 Å². The summed E-state index contributed by atoms with van der Waals surface area (Å²) in [5.74, 6) is 0.364. The van der Waals surface area contributed by atoms with Gasteiger partial charge in [0.25, 0.3) is 11.6 Å². The van der Waals surface area contributed by atoms with Crippen LogP contribution >= 0.6 is 0 Å². The normalized spacial score (nSPS) is 40.3. The van der Waals surface area contributed by atoms with Crippen molar-refractivity contribution < 1.29 is 14.5 Å². The summed E-state index contributed by atoms with van der Waals surface area (Å²) >= 11 is 0. The van der Waals surface area contributed by atoms with Crippen LogP contribution in [0.1, 0.15) is 33.1 Å². The molecule has 6 nitrogen and oxygen atoms in total. The summed E-state index contributed by atoms with van der Waals surface area (Å²) in [7, 11) is 0. The third-order valence-electron chi connectivity index (χ3n) is 6.88. The fourth-order valence-corrected chi connectivity index (χ4v) is 5.19. The molecular weight excluding hydrogens is 296 g/mol. The van der Waals surface area contributed by atoms with Crippen LogP contribution in [0.2, 0.25) is 0 Å². The zero-order valence-electron chi connectivity index (χ0n) is 13.3. The van der Waals surface area contributed by atoms with Crippen LogP contribution in [-0.4, -0.2) is 23.0 Å². The molecule has 2 aliphatic carbocycles. The number of nitrogens with one attached hydrogen (secondary N) is 1. The lowest BCUT2D eigenvalue weighted by molar-refractivity contribution is -0.384. The number of carbonyl (C=O) groups is 1. The van der Waals surface area contributed by atoms with Crippen LogP contribution in [0.4, 0.5) is 11.4 Å². The molecule has 1 saturated heterocycles. The second-order valence-electron chi connectivity index (χ2n) is 7.57. The van der Waals surface area contributed by atoms with Gasteiger partial charge in [0, 0.05) is 28.7 Å². The minimum absolute atomic E-state index is 0.0309. The van der Waals surface area contributed by atoms with E-state index in [9.17, 15) is 14.9 Å². The van der Waals surface area contributed by atoms with Crippen molar-refractivity contribution >= 4 is 17.3 Å². The Morgan fingerprint density at radius 2 is 2.22 bits per heavy atom. The van der Waals surface area contributed by atoms with Crippen molar-refractivity contribution in [2.75, 3.05) is 11.9 Å². The topological polar surface area (TPSA) is 81.5 Å². The Balaban J connectivity index is 1.64. The second-order valence-corrected chi connectivity index (χ2v) is 7.57. The van der Waals surface area contributed by atoms with E-state index < -0.39 is 10.5 Å². The summed E-state index contributed by atoms with van der Waals surface area (Å²) in [6.45, 7) is 5.02. The van der Waals surface area contributed by atoms with Crippen LogP contribution < -0.4 is 5.32 Å². The molecule has 4 rings (SSSR count). The summed E-state index contributed by atoms with van der Waals surface area (Å²) in [6, 6.07) is 6.05. The predicted molar refractivity (Wildman–Crippen MR) is 84.0 cm³/mol. The Morgan fingerprint density at radius 1 is 1.43 bits per heavy atom. The lowest BCUT2D eigenvalue weighted by Gasteiger charge is -2.39. The maximum atomic E-state index is 13.0. The molecule has 2 saturated carbocycles. The van der Waals surface area contributed by atoms with Crippen molar-refractivity contribution in [3.8, 4) is 0 Å². The maximum absolute atomic E-state index is 13.0. The van der Waals surface area contributed by atoms with Crippen molar-refractivity contribution in [2.24, 2.45) is 16.7 Å². The number of hydrogen-bond donors (Lipinski definition) is 1. The van der Waals surface area contributed by atoms with E-state index >= 15 is 0 Å². The molecule has 3 aliphatic rings. The molecule has 0 unspecified atom stereocenters. The monoisotopic (exact) mass is 316 g/mol. The smallest absolute Gasteiger partial charge is 0.271 e. The molecule has 1 aromatic carbocycles. The van der Waals surface area contributed by atoms with Gasteiger partial charge in [0.1, 0.15) is 0 Å². The van der Waals surface area contributed by atoms with Gasteiger partial charge in [0.2, 0.25) is 0 Å². The Hall–Kier alpha value is -1.95. The Morgan fingerprint density at radius 3 is 2.87 bits per heavy atom. The van der Waals surface area contributed by atoms with E-state index in [1.807, 2.05) is 0 Å². The number of anilines is 1. The Bertz CT molecular complexity index is 720. The van der Waals surface area contributed by atoms with Crippen LogP contribution in [0.15, 0.2) is 24.3 Å². The van der Waals surface area contributed by atoms with Crippen molar-refractivity contribution in [3.63, 3.8) is 0 Å². The second kappa shape index (κ2) is 4.32. The molecule has 3 fully saturated rings. The van der Waals surface area contributed by atoms with Gasteiger partial charge in [-0.05, 0) is 31.2 Å². The summed E-state index contributed by atoms with van der Waals surface area (Å²) in [6.07, 6.45) is 2.90. The maximum Gasteiger partial charge on any atom is 0.271 e. The number of rotatable bonds is 3. The molecule has 1 N–H and O–H groups in total. The fraction of sp³-hybridized carbons (Fsp3) is 0.588. The molecule has 1 aromatic rings. The largest absolute Gasteiger partial charge is 0.364 e. The Labute approximate surface area is 134 Å². The van der Waals surface area contributed by atoms with Crippen molar-refractivity contribution in [3.05, 3.63) is 34.4 Å². The number of non-ortho nitro benzene ring substituents is 1. The number of benzene rings is 1. The third kappa shape index (κ3) is 1.59. The summed E-state index contributed by atoms with van der Waals surface area (Å²) in [5.41, 5.74) is -0.476. The average molecular weight is 316 g/mol. The van der Waals surface area contributed by atoms with Crippen LogP contribution in [0, 0.1) is 26.9 Å². The number of nitro groups is 1. The Kier molecular flexibility index (Phi) is 2.75. The van der Waals surface area contributed by atoms with E-state index in [4.69, 9.17) is 4.74 Å². The highest BCUT2D eigenvalue weighted by atomic mass is 16.6. The molecule has 6 heteroatoms. The molecule has 1 heterocycles. The third-order valence-corrected chi connectivity index (χ3v) is 6.88. The van der Waals surface area contributed by atoms with Gasteiger partial charge < -0.3 is 10.1 Å². The number of ether oxygens (including phenoxy) is 1. The van der Waals surface area contributed by atoms with E-state index in [1.165, 1.54) is 12.1 Å². The number of carbonyl (C=O) groups excluding carboxylic acids is 1. The number of hydrogen-bond acceptors (Lipinski definition) is 4. The molecular formula is C17H20N2O4. The van der Waals surface area contributed by atoms with Crippen LogP contribution in [0.5, 0.6) is 0 Å². The highest BCUT2D eigenvalue weighted by molar-refractivity contribution is 5.99. The van der Waals surface area contributed by atoms with Gasteiger partial charge in [-0.25, -0.2) is 0 Å². The van der Waals surface area contributed by atoms with E-state index in [0.29, 0.717) is 18.2 Å². The highest BCUT2D eigenvalue weighted by Gasteiger charge is 2.78. The molecule has 0 spiro atoms. The summed E-state index contributed by atoms with van der Waals surface area (Å²) < 4.78 is 6.05. The first kappa shape index (κ1) is 14.6. The molecule has 23 heavy (non-hydrogen) atoms. The van der Waals surface area contributed by atoms with Crippen LogP contribution in [0.3, 0.4) is 0 Å². The van der Waals surface area contributed by atoms with Crippen molar-refractivity contribution in [1.29, 1.82) is 0 Å². The van der Waals surface area contributed by atoms with Gasteiger partial charge in [0.15, 0.2) is 5.60 Å². The zero-order valence-corrected chi connectivity index (χ0v) is 13.3. The van der Waals surface area contributed by atoms with Crippen LogP contribution in [0.25, 0.3) is 0 Å². The fourth-order valence-electron chi connectivity index (χ4n) is 5.19. The van der Waals surface area contributed by atoms with E-state index in [1.54, 1.807) is 12.1 Å². The molecule has 1 aliphatic heterocycles. The van der Waals surface area contributed by atoms with Gasteiger partial charge in [0.05, 0.1) is 11.5 Å². The minimum Gasteiger partial charge on any atom is -0.364 e. The molecule has 4 bridgehead atoms. The lowest BCUT2D eigenvalue weighted by Crippen LogP contribution is -2.52. The number of nitro benzene ring substituents is 1. The van der Waals surface area contributed by atoms with Gasteiger partial charge in [-0.15, -0.1) is 0 Å². The molecule has 122 valence electrons. The first-order valence-electron chi connectivity index (χ1n) is 8.02. The molecule has 0 aromatic heterocycles.